The van der Waals surface area contributed by atoms with Crippen molar-refractivity contribution in [3.63, 3.8) is 0 Å². The first-order chi connectivity index (χ1) is 4.92. The van der Waals surface area contributed by atoms with Crippen molar-refractivity contribution < 1.29 is 27.2 Å². The highest BCUT2D eigenvalue weighted by molar-refractivity contribution is 7.85. The zero-order valence-electron chi connectivity index (χ0n) is 5.81. The normalized spacial score (nSPS) is 11.0. The van der Waals surface area contributed by atoms with Gasteiger partial charge in [-0.3, -0.25) is 4.18 Å². The molecule has 0 aromatic carbocycles. The highest BCUT2D eigenvalue weighted by Gasteiger charge is 2.01. The largest absolute Gasteiger partial charge is 0.505 e. The van der Waals surface area contributed by atoms with E-state index in [1.165, 1.54) is 0 Å². The van der Waals surface area contributed by atoms with Crippen LogP contribution in [0.2, 0.25) is 0 Å². The van der Waals surface area contributed by atoms with Gasteiger partial charge in [0.1, 0.15) is 13.2 Å². The second-order valence-electron chi connectivity index (χ2n) is 1.64. The molecule has 0 atom stereocenters. The van der Waals surface area contributed by atoms with Crippen LogP contribution in [0, 0.1) is 0 Å². The third-order valence-electron chi connectivity index (χ3n) is 0.606. The Kier molecular flexibility index (Phi) is 3.83. The first-order valence-corrected chi connectivity index (χ1v) is 4.43. The molecule has 0 aliphatic heterocycles. The lowest BCUT2D eigenvalue weighted by atomic mass is 10.8. The summed E-state index contributed by atoms with van der Waals surface area (Å²) in [5, 5.41) is 7.92. The van der Waals surface area contributed by atoms with Gasteiger partial charge in [-0.15, -0.1) is 0 Å². The van der Waals surface area contributed by atoms with Gasteiger partial charge in [-0.2, -0.15) is 8.42 Å². The SMILES string of the molecule is CS(=O)(=O)OCCOC(=O)O. The predicted octanol–water partition coefficient (Wildman–Crippen LogP) is -0.343. The molecule has 0 aliphatic rings. The summed E-state index contributed by atoms with van der Waals surface area (Å²) in [4.78, 5) is 9.70. The molecule has 6 nitrogen and oxygen atoms in total. The highest BCUT2D eigenvalue weighted by atomic mass is 32.2. The van der Waals surface area contributed by atoms with E-state index >= 15 is 0 Å². The van der Waals surface area contributed by atoms with Crippen molar-refractivity contribution in [3.05, 3.63) is 0 Å². The zero-order valence-corrected chi connectivity index (χ0v) is 6.63. The summed E-state index contributed by atoms with van der Waals surface area (Å²) in [6.45, 7) is -0.576. The lowest BCUT2D eigenvalue weighted by Gasteiger charge is -1.99. The molecule has 66 valence electrons. The van der Waals surface area contributed by atoms with Gasteiger partial charge >= 0.3 is 6.16 Å². The Morgan fingerprint density at radius 3 is 2.36 bits per heavy atom. The molecule has 0 saturated carbocycles. The van der Waals surface area contributed by atoms with Crippen LogP contribution < -0.4 is 0 Å². The third-order valence-corrected chi connectivity index (χ3v) is 1.20. The number of carbonyl (C=O) groups is 1. The van der Waals surface area contributed by atoms with E-state index in [0.717, 1.165) is 6.26 Å². The maximum absolute atomic E-state index is 10.3. The molecule has 7 heteroatoms. The molecule has 11 heavy (non-hydrogen) atoms. The van der Waals surface area contributed by atoms with Crippen LogP contribution in [0.1, 0.15) is 0 Å². The van der Waals surface area contributed by atoms with Gasteiger partial charge in [0, 0.05) is 0 Å². The summed E-state index contributed by atoms with van der Waals surface area (Å²) < 4.78 is 28.6. The van der Waals surface area contributed by atoms with Gasteiger partial charge in [0.05, 0.1) is 6.26 Å². The molecule has 0 aromatic rings. The Bertz CT molecular complexity index is 217. The van der Waals surface area contributed by atoms with Crippen molar-refractivity contribution in [2.24, 2.45) is 0 Å². The molecule has 0 aliphatic carbocycles. The van der Waals surface area contributed by atoms with Crippen LogP contribution in [0.15, 0.2) is 0 Å². The lowest BCUT2D eigenvalue weighted by Crippen LogP contribution is -2.11. The summed E-state index contributed by atoms with van der Waals surface area (Å²) in [5.74, 6) is 0. The summed E-state index contributed by atoms with van der Waals surface area (Å²) in [7, 11) is -3.49. The fraction of sp³-hybridized carbons (Fsp3) is 0.750. The Morgan fingerprint density at radius 1 is 1.45 bits per heavy atom. The van der Waals surface area contributed by atoms with E-state index in [9.17, 15) is 13.2 Å². The monoisotopic (exact) mass is 184 g/mol. The van der Waals surface area contributed by atoms with E-state index in [4.69, 9.17) is 5.11 Å². The summed E-state index contributed by atoms with van der Waals surface area (Å²) >= 11 is 0. The van der Waals surface area contributed by atoms with Crippen LogP contribution in [0.25, 0.3) is 0 Å². The minimum Gasteiger partial charge on any atom is -0.450 e. The molecule has 0 unspecified atom stereocenters. The number of hydrogen-bond acceptors (Lipinski definition) is 5. The fourth-order valence-corrected chi connectivity index (χ4v) is 0.685. The minimum atomic E-state index is -3.49. The Hall–Kier alpha value is -0.820. The lowest BCUT2D eigenvalue weighted by molar-refractivity contribution is 0.0790. The van der Waals surface area contributed by atoms with Gasteiger partial charge in [-0.1, -0.05) is 0 Å². The Morgan fingerprint density at radius 2 is 2.00 bits per heavy atom. The maximum atomic E-state index is 10.3. The van der Waals surface area contributed by atoms with Crippen molar-refractivity contribution in [3.8, 4) is 0 Å². The molecule has 0 radical (unpaired) electrons. The second kappa shape index (κ2) is 4.14. The quantitative estimate of drug-likeness (QED) is 0.365. The van der Waals surface area contributed by atoms with Crippen LogP contribution in [0.5, 0.6) is 0 Å². The van der Waals surface area contributed by atoms with Crippen molar-refractivity contribution in [1.82, 2.24) is 0 Å². The Balaban J connectivity index is 3.37. The molecule has 0 spiro atoms. The highest BCUT2D eigenvalue weighted by Crippen LogP contribution is 1.86. The van der Waals surface area contributed by atoms with Crippen LogP contribution in [-0.2, 0) is 19.0 Å². The smallest absolute Gasteiger partial charge is 0.450 e. The first kappa shape index (κ1) is 10.2. The van der Waals surface area contributed by atoms with Crippen LogP contribution in [-0.4, -0.2) is 39.1 Å². The molecule has 0 saturated heterocycles. The number of carboxylic acid groups (broad SMARTS) is 1. The average molecular weight is 184 g/mol. The molecule has 0 aromatic heterocycles. The van der Waals surface area contributed by atoms with Crippen molar-refractivity contribution in [1.29, 1.82) is 0 Å². The van der Waals surface area contributed by atoms with Gasteiger partial charge in [-0.05, 0) is 0 Å². The second-order valence-corrected chi connectivity index (χ2v) is 3.28. The first-order valence-electron chi connectivity index (χ1n) is 2.62. The van der Waals surface area contributed by atoms with Crippen molar-refractivity contribution in [2.45, 2.75) is 0 Å². The van der Waals surface area contributed by atoms with E-state index in [-0.39, 0.29) is 13.2 Å². The fourth-order valence-electron chi connectivity index (χ4n) is 0.314. The minimum absolute atomic E-state index is 0.287. The van der Waals surface area contributed by atoms with Crippen LogP contribution >= 0.6 is 0 Å². The van der Waals surface area contributed by atoms with Gasteiger partial charge in [-0.25, -0.2) is 4.79 Å². The van der Waals surface area contributed by atoms with E-state index in [1.807, 2.05) is 0 Å². The van der Waals surface area contributed by atoms with Gasteiger partial charge < -0.3 is 9.84 Å². The molecular weight excluding hydrogens is 176 g/mol. The molecule has 0 amide bonds. The summed E-state index contributed by atoms with van der Waals surface area (Å²) in [5.41, 5.74) is 0. The molecule has 1 N–H and O–H groups in total. The third kappa shape index (κ3) is 9.18. The molecule has 0 rings (SSSR count). The van der Waals surface area contributed by atoms with Gasteiger partial charge in [0.25, 0.3) is 10.1 Å². The van der Waals surface area contributed by atoms with Gasteiger partial charge in [0.15, 0.2) is 0 Å². The van der Waals surface area contributed by atoms with Crippen LogP contribution in [0.3, 0.4) is 0 Å². The van der Waals surface area contributed by atoms with E-state index in [0.29, 0.717) is 0 Å². The standard InChI is InChI=1S/C4H8O6S/c1-11(7,8)10-3-2-9-4(5)6/h2-3H2,1H3,(H,5,6). The number of rotatable bonds is 4. The molecule has 0 bridgehead atoms. The Labute approximate surface area is 63.9 Å². The topological polar surface area (TPSA) is 89.9 Å². The van der Waals surface area contributed by atoms with Crippen LogP contribution in [0.4, 0.5) is 4.79 Å². The predicted molar refractivity (Wildman–Crippen MR) is 34.8 cm³/mol. The molecular formula is C4H8O6S. The average Bonchev–Trinajstić information content (AvgIpc) is 1.78. The number of hydrogen-bond donors (Lipinski definition) is 1. The maximum Gasteiger partial charge on any atom is 0.505 e. The van der Waals surface area contributed by atoms with Crippen molar-refractivity contribution >= 4 is 16.3 Å². The molecule has 0 fully saturated rings. The van der Waals surface area contributed by atoms with E-state index in [1.54, 1.807) is 0 Å². The molecule has 0 heterocycles. The van der Waals surface area contributed by atoms with E-state index in [2.05, 4.69) is 8.92 Å². The van der Waals surface area contributed by atoms with E-state index < -0.39 is 16.3 Å². The zero-order chi connectivity index (χ0) is 8.91. The summed E-state index contributed by atoms with van der Waals surface area (Å²) in [6, 6.07) is 0. The van der Waals surface area contributed by atoms with Crippen molar-refractivity contribution in [2.75, 3.05) is 19.5 Å². The number of ether oxygens (including phenoxy) is 1. The van der Waals surface area contributed by atoms with Gasteiger partial charge in [0.2, 0.25) is 0 Å². The summed E-state index contributed by atoms with van der Waals surface area (Å²) in [6.07, 6.45) is -0.588.